The van der Waals surface area contributed by atoms with Gasteiger partial charge in [-0.25, -0.2) is 4.98 Å². The van der Waals surface area contributed by atoms with Crippen molar-refractivity contribution >= 4 is 61.1 Å². The third kappa shape index (κ3) is 4.90. The third-order valence-electron chi connectivity index (χ3n) is 4.28. The Labute approximate surface area is 181 Å². The molecule has 1 aromatic heterocycles. The minimum absolute atomic E-state index is 0.132. The summed E-state index contributed by atoms with van der Waals surface area (Å²) >= 11 is 2.71. The summed E-state index contributed by atoms with van der Waals surface area (Å²) in [5, 5.41) is 5.37. The van der Waals surface area contributed by atoms with Gasteiger partial charge in [0.1, 0.15) is 5.75 Å². The predicted octanol–water partition coefficient (Wildman–Crippen LogP) is 4.73. The zero-order valence-corrected chi connectivity index (χ0v) is 17.7. The first-order valence-corrected chi connectivity index (χ1v) is 10.9. The van der Waals surface area contributed by atoms with E-state index in [1.54, 1.807) is 7.11 Å². The molecule has 4 rings (SSSR count). The Balaban J connectivity index is 1.26. The normalized spacial score (nSPS) is 10.8. The molecule has 0 saturated heterocycles. The molecule has 1 N–H and O–H groups in total. The summed E-state index contributed by atoms with van der Waals surface area (Å²) in [4.78, 5) is 29.4. The maximum absolute atomic E-state index is 12.1. The Kier molecular flexibility index (Phi) is 6.15. The van der Waals surface area contributed by atoms with Crippen LogP contribution in [-0.2, 0) is 14.3 Å². The molecule has 1 amide bonds. The number of thioether (sulfide) groups is 1. The van der Waals surface area contributed by atoms with Gasteiger partial charge in [-0.15, -0.1) is 11.8 Å². The highest BCUT2D eigenvalue weighted by atomic mass is 32.2. The lowest BCUT2D eigenvalue weighted by Crippen LogP contribution is -2.21. The van der Waals surface area contributed by atoms with Crippen LogP contribution in [0.3, 0.4) is 0 Å². The van der Waals surface area contributed by atoms with Crippen molar-refractivity contribution in [3.8, 4) is 5.75 Å². The van der Waals surface area contributed by atoms with Crippen LogP contribution < -0.4 is 10.1 Å². The number of methoxy groups -OCH3 is 1. The molecule has 0 aliphatic heterocycles. The van der Waals surface area contributed by atoms with E-state index in [1.165, 1.54) is 23.1 Å². The summed E-state index contributed by atoms with van der Waals surface area (Å²) in [5.41, 5.74) is 0.764. The highest BCUT2D eigenvalue weighted by Crippen LogP contribution is 2.29. The fourth-order valence-corrected chi connectivity index (χ4v) is 4.48. The molecule has 3 aromatic carbocycles. The second kappa shape index (κ2) is 9.15. The smallest absolute Gasteiger partial charge is 0.316 e. The van der Waals surface area contributed by atoms with Crippen LogP contribution in [-0.4, -0.2) is 36.3 Å². The summed E-state index contributed by atoms with van der Waals surface area (Å²) in [5.74, 6) is -0.0173. The summed E-state index contributed by atoms with van der Waals surface area (Å²) in [6.45, 7) is -0.351. The fraction of sp³-hybridized carbons (Fsp3) is 0.136. The number of nitrogens with zero attached hydrogens (tertiary/aromatic N) is 1. The van der Waals surface area contributed by atoms with Gasteiger partial charge in [-0.1, -0.05) is 41.7 Å². The lowest BCUT2D eigenvalue weighted by molar-refractivity contribution is -0.144. The van der Waals surface area contributed by atoms with Crippen molar-refractivity contribution in [2.75, 3.05) is 24.8 Å². The summed E-state index contributed by atoms with van der Waals surface area (Å²) in [6, 6.07) is 19.5. The molecular weight excluding hydrogens is 420 g/mol. The molecule has 0 fully saturated rings. The van der Waals surface area contributed by atoms with Gasteiger partial charge in [-0.3, -0.25) is 14.9 Å². The van der Waals surface area contributed by atoms with Gasteiger partial charge in [0.25, 0.3) is 5.91 Å². The number of amides is 1. The van der Waals surface area contributed by atoms with Crippen molar-refractivity contribution in [3.63, 3.8) is 0 Å². The van der Waals surface area contributed by atoms with Gasteiger partial charge in [0.05, 0.1) is 23.1 Å². The van der Waals surface area contributed by atoms with Crippen LogP contribution >= 0.6 is 23.1 Å². The summed E-state index contributed by atoms with van der Waals surface area (Å²) in [7, 11) is 1.59. The molecular formula is C22H18N2O4S2. The van der Waals surface area contributed by atoms with E-state index in [-0.39, 0.29) is 12.4 Å². The summed E-state index contributed by atoms with van der Waals surface area (Å²) in [6.07, 6.45) is 0. The zero-order chi connectivity index (χ0) is 20.9. The van der Waals surface area contributed by atoms with E-state index >= 15 is 0 Å². The van der Waals surface area contributed by atoms with Gasteiger partial charge >= 0.3 is 5.97 Å². The quantitative estimate of drug-likeness (QED) is 0.332. The predicted molar refractivity (Wildman–Crippen MR) is 120 cm³/mol. The molecule has 0 aliphatic rings. The number of fused-ring (bicyclic) bond motifs is 2. The van der Waals surface area contributed by atoms with Crippen molar-refractivity contribution in [3.05, 3.63) is 60.7 Å². The van der Waals surface area contributed by atoms with E-state index < -0.39 is 11.9 Å². The van der Waals surface area contributed by atoms with Crippen molar-refractivity contribution in [1.82, 2.24) is 4.98 Å². The van der Waals surface area contributed by atoms with Gasteiger partial charge in [-0.05, 0) is 41.1 Å². The molecule has 0 atom stereocenters. The van der Waals surface area contributed by atoms with Crippen LogP contribution in [0, 0.1) is 0 Å². The average molecular weight is 439 g/mol. The van der Waals surface area contributed by atoms with Crippen LogP contribution in [0.5, 0.6) is 5.75 Å². The second-order valence-corrected chi connectivity index (χ2v) is 8.44. The molecule has 1 heterocycles. The summed E-state index contributed by atoms with van der Waals surface area (Å²) < 4.78 is 11.2. The highest BCUT2D eigenvalue weighted by Gasteiger charge is 2.12. The van der Waals surface area contributed by atoms with Crippen molar-refractivity contribution in [1.29, 1.82) is 0 Å². The number of ether oxygens (including phenoxy) is 2. The van der Waals surface area contributed by atoms with Crippen molar-refractivity contribution in [2.45, 2.75) is 4.90 Å². The van der Waals surface area contributed by atoms with Crippen LogP contribution in [0.15, 0.2) is 65.6 Å². The number of carbonyl (C=O) groups excluding carboxylic acids is 2. The number of benzene rings is 3. The van der Waals surface area contributed by atoms with E-state index in [1.807, 2.05) is 60.7 Å². The molecule has 0 radical (unpaired) electrons. The minimum Gasteiger partial charge on any atom is -0.497 e. The number of aromatic nitrogens is 1. The number of carbonyl (C=O) groups is 2. The fourth-order valence-electron chi connectivity index (χ4n) is 2.83. The van der Waals surface area contributed by atoms with Crippen molar-refractivity contribution < 1.29 is 19.1 Å². The Morgan fingerprint density at radius 1 is 1.07 bits per heavy atom. The van der Waals surface area contributed by atoms with E-state index in [4.69, 9.17) is 9.47 Å². The number of rotatable bonds is 7. The number of nitrogens with one attached hydrogen (secondary N) is 1. The largest absolute Gasteiger partial charge is 0.497 e. The number of hydrogen-bond acceptors (Lipinski definition) is 7. The van der Waals surface area contributed by atoms with Gasteiger partial charge in [-0.2, -0.15) is 0 Å². The molecule has 30 heavy (non-hydrogen) atoms. The first kappa shape index (κ1) is 20.2. The Bertz CT molecular complexity index is 1220. The molecule has 152 valence electrons. The Hall–Kier alpha value is -3.10. The molecule has 0 unspecified atom stereocenters. The van der Waals surface area contributed by atoms with E-state index in [9.17, 15) is 9.59 Å². The zero-order valence-electron chi connectivity index (χ0n) is 16.1. The minimum atomic E-state index is -0.447. The van der Waals surface area contributed by atoms with Crippen LogP contribution in [0.4, 0.5) is 5.13 Å². The van der Waals surface area contributed by atoms with E-state index in [0.717, 1.165) is 31.6 Å². The van der Waals surface area contributed by atoms with Crippen LogP contribution in [0.2, 0.25) is 0 Å². The Morgan fingerprint density at radius 3 is 2.73 bits per heavy atom. The number of hydrogen-bond donors (Lipinski definition) is 1. The molecule has 0 aliphatic carbocycles. The number of thiazole rings is 1. The number of anilines is 1. The maximum atomic E-state index is 12.1. The maximum Gasteiger partial charge on any atom is 0.316 e. The number of esters is 1. The molecule has 6 nitrogen and oxygen atoms in total. The lowest BCUT2D eigenvalue weighted by Gasteiger charge is -2.05. The van der Waals surface area contributed by atoms with Crippen LogP contribution in [0.25, 0.3) is 21.0 Å². The first-order valence-electron chi connectivity index (χ1n) is 9.12. The molecule has 0 bridgehead atoms. The molecule has 8 heteroatoms. The van der Waals surface area contributed by atoms with Gasteiger partial charge in [0.2, 0.25) is 0 Å². The van der Waals surface area contributed by atoms with Gasteiger partial charge in [0, 0.05) is 4.90 Å². The third-order valence-corrected chi connectivity index (χ3v) is 6.18. The van der Waals surface area contributed by atoms with Gasteiger partial charge < -0.3 is 9.47 Å². The van der Waals surface area contributed by atoms with E-state index in [2.05, 4.69) is 10.3 Å². The lowest BCUT2D eigenvalue weighted by atomic mass is 10.1. The van der Waals surface area contributed by atoms with Crippen molar-refractivity contribution in [2.24, 2.45) is 0 Å². The standard InChI is InChI=1S/C22H18N2O4S2/c1-27-16-7-9-18-19(11-16)30-22(23-18)24-20(25)12-28-21(26)13-29-17-8-6-14-4-2-3-5-15(14)10-17/h2-11H,12-13H2,1H3,(H,23,24,25). The van der Waals surface area contributed by atoms with E-state index in [0.29, 0.717) is 5.13 Å². The highest BCUT2D eigenvalue weighted by molar-refractivity contribution is 8.00. The molecule has 0 saturated carbocycles. The molecule has 0 spiro atoms. The monoisotopic (exact) mass is 438 g/mol. The first-order chi connectivity index (χ1) is 14.6. The topological polar surface area (TPSA) is 77.5 Å². The molecule has 4 aromatic rings. The van der Waals surface area contributed by atoms with Crippen LogP contribution in [0.1, 0.15) is 0 Å². The SMILES string of the molecule is COc1ccc2nc(NC(=O)COC(=O)CSc3ccc4ccccc4c3)sc2c1. The average Bonchev–Trinajstić information content (AvgIpc) is 3.17. The van der Waals surface area contributed by atoms with Gasteiger partial charge in [0.15, 0.2) is 11.7 Å². The second-order valence-electron chi connectivity index (χ2n) is 6.36. The Morgan fingerprint density at radius 2 is 1.90 bits per heavy atom.